The Hall–Kier alpha value is -2.10. The van der Waals surface area contributed by atoms with Crippen molar-refractivity contribution in [3.63, 3.8) is 0 Å². The highest BCUT2D eigenvalue weighted by atomic mass is 16.1. The quantitative estimate of drug-likeness (QED) is 0.891. The fraction of sp³-hybridized carbons (Fsp3) is 0.444. The van der Waals surface area contributed by atoms with Gasteiger partial charge in [-0.2, -0.15) is 5.10 Å². The number of aryl methyl sites for hydroxylation is 3. The Morgan fingerprint density at radius 3 is 2.64 bits per heavy atom. The third kappa shape index (κ3) is 4.45. The zero-order valence-electron chi connectivity index (χ0n) is 13.9. The van der Waals surface area contributed by atoms with E-state index in [2.05, 4.69) is 30.3 Å². The minimum atomic E-state index is 0.0783. The summed E-state index contributed by atoms with van der Waals surface area (Å²) in [5.41, 5.74) is 4.45. The van der Waals surface area contributed by atoms with Crippen LogP contribution in [0.3, 0.4) is 0 Å². The van der Waals surface area contributed by atoms with Crippen molar-refractivity contribution in [2.75, 3.05) is 6.54 Å². The van der Waals surface area contributed by atoms with Gasteiger partial charge in [-0.15, -0.1) is 0 Å². The summed E-state index contributed by atoms with van der Waals surface area (Å²) < 4.78 is 2.01. The molecule has 0 bridgehead atoms. The van der Waals surface area contributed by atoms with Crippen molar-refractivity contribution < 1.29 is 4.79 Å². The van der Waals surface area contributed by atoms with E-state index in [9.17, 15) is 4.79 Å². The van der Waals surface area contributed by atoms with Crippen molar-refractivity contribution >= 4 is 5.91 Å². The van der Waals surface area contributed by atoms with E-state index in [-0.39, 0.29) is 5.91 Å². The Kier molecular flexibility index (Phi) is 5.36. The Morgan fingerprint density at radius 2 is 2.00 bits per heavy atom. The molecule has 1 aromatic carbocycles. The monoisotopic (exact) mass is 299 g/mol. The molecule has 1 atom stereocenters. The lowest BCUT2D eigenvalue weighted by atomic mass is 10.1. The molecule has 0 aliphatic rings. The first-order valence-electron chi connectivity index (χ1n) is 7.78. The number of hydrogen-bond acceptors (Lipinski definition) is 2. The Bertz CT molecular complexity index is 646. The molecular weight excluding hydrogens is 274 g/mol. The molecule has 0 spiro atoms. The number of carbonyl (C=O) groups is 1. The number of carbonyl (C=O) groups excluding carboxylic acids is 1. The SMILES string of the molecule is Cc1cc(C)n(CC(C)CNC(=O)Cc2ccccc2C)n1. The van der Waals surface area contributed by atoms with Gasteiger partial charge in [-0.05, 0) is 43.9 Å². The summed E-state index contributed by atoms with van der Waals surface area (Å²) >= 11 is 0. The molecule has 2 aromatic rings. The fourth-order valence-electron chi connectivity index (χ4n) is 2.55. The first kappa shape index (κ1) is 16.3. The molecule has 0 saturated carbocycles. The highest BCUT2D eigenvalue weighted by molar-refractivity contribution is 5.78. The van der Waals surface area contributed by atoms with Gasteiger partial charge in [0.1, 0.15) is 0 Å². The lowest BCUT2D eigenvalue weighted by molar-refractivity contribution is -0.120. The smallest absolute Gasteiger partial charge is 0.224 e. The van der Waals surface area contributed by atoms with Crippen LogP contribution < -0.4 is 5.32 Å². The minimum absolute atomic E-state index is 0.0783. The largest absolute Gasteiger partial charge is 0.355 e. The first-order valence-corrected chi connectivity index (χ1v) is 7.78. The molecule has 0 saturated heterocycles. The average Bonchev–Trinajstić information content (AvgIpc) is 2.77. The van der Waals surface area contributed by atoms with Gasteiger partial charge in [0.15, 0.2) is 0 Å². The maximum Gasteiger partial charge on any atom is 0.224 e. The van der Waals surface area contributed by atoms with Crippen LogP contribution in [0.4, 0.5) is 0 Å². The van der Waals surface area contributed by atoms with Gasteiger partial charge in [-0.3, -0.25) is 9.48 Å². The minimum Gasteiger partial charge on any atom is -0.355 e. The van der Waals surface area contributed by atoms with Crippen LogP contribution in [0.1, 0.15) is 29.4 Å². The molecule has 1 aromatic heterocycles. The maximum absolute atomic E-state index is 12.1. The van der Waals surface area contributed by atoms with Crippen LogP contribution in [0, 0.1) is 26.7 Å². The lowest BCUT2D eigenvalue weighted by Crippen LogP contribution is -2.31. The molecule has 0 radical (unpaired) electrons. The van der Waals surface area contributed by atoms with E-state index < -0.39 is 0 Å². The van der Waals surface area contributed by atoms with Crippen LogP contribution in [0.2, 0.25) is 0 Å². The van der Waals surface area contributed by atoms with E-state index in [1.165, 1.54) is 0 Å². The van der Waals surface area contributed by atoms with E-state index in [1.807, 2.05) is 42.8 Å². The second kappa shape index (κ2) is 7.25. The second-order valence-electron chi connectivity index (χ2n) is 6.12. The van der Waals surface area contributed by atoms with E-state index >= 15 is 0 Å². The predicted octanol–water partition coefficient (Wildman–Crippen LogP) is 2.80. The normalized spacial score (nSPS) is 12.2. The summed E-state index contributed by atoms with van der Waals surface area (Å²) in [6, 6.07) is 10.1. The van der Waals surface area contributed by atoms with E-state index in [0.717, 1.165) is 29.1 Å². The molecular formula is C18H25N3O. The zero-order valence-corrected chi connectivity index (χ0v) is 13.9. The summed E-state index contributed by atoms with van der Waals surface area (Å²) in [7, 11) is 0. The van der Waals surface area contributed by atoms with Crippen molar-refractivity contribution in [3.8, 4) is 0 Å². The highest BCUT2D eigenvalue weighted by Gasteiger charge is 2.10. The summed E-state index contributed by atoms with van der Waals surface area (Å²) in [4.78, 5) is 12.1. The summed E-state index contributed by atoms with van der Waals surface area (Å²) in [6.45, 7) is 9.72. The Balaban J connectivity index is 1.81. The number of hydrogen-bond donors (Lipinski definition) is 1. The molecule has 0 aliphatic carbocycles. The van der Waals surface area contributed by atoms with Gasteiger partial charge in [0.2, 0.25) is 5.91 Å². The molecule has 0 fully saturated rings. The third-order valence-corrected chi connectivity index (χ3v) is 3.85. The Morgan fingerprint density at radius 1 is 1.27 bits per heavy atom. The number of nitrogens with zero attached hydrogens (tertiary/aromatic N) is 2. The van der Waals surface area contributed by atoms with Crippen LogP contribution in [0.25, 0.3) is 0 Å². The van der Waals surface area contributed by atoms with Crippen molar-refractivity contribution in [3.05, 3.63) is 52.8 Å². The predicted molar refractivity (Wildman–Crippen MR) is 88.8 cm³/mol. The van der Waals surface area contributed by atoms with Crippen LogP contribution in [0.15, 0.2) is 30.3 Å². The van der Waals surface area contributed by atoms with Crippen molar-refractivity contribution in [1.29, 1.82) is 0 Å². The first-order chi connectivity index (χ1) is 10.5. The van der Waals surface area contributed by atoms with Crippen molar-refractivity contribution in [1.82, 2.24) is 15.1 Å². The number of benzene rings is 1. The van der Waals surface area contributed by atoms with Crippen LogP contribution >= 0.6 is 0 Å². The molecule has 1 heterocycles. The van der Waals surface area contributed by atoms with Gasteiger partial charge in [0.25, 0.3) is 0 Å². The molecule has 1 amide bonds. The number of amides is 1. The molecule has 4 nitrogen and oxygen atoms in total. The summed E-state index contributed by atoms with van der Waals surface area (Å²) in [5, 5.41) is 7.49. The molecule has 0 aliphatic heterocycles. The summed E-state index contributed by atoms with van der Waals surface area (Å²) in [5.74, 6) is 0.424. The zero-order chi connectivity index (χ0) is 16.1. The molecule has 1 N–H and O–H groups in total. The van der Waals surface area contributed by atoms with E-state index in [0.29, 0.717) is 18.9 Å². The van der Waals surface area contributed by atoms with Crippen LogP contribution in [0.5, 0.6) is 0 Å². The van der Waals surface area contributed by atoms with Gasteiger partial charge in [0, 0.05) is 18.8 Å². The molecule has 1 unspecified atom stereocenters. The van der Waals surface area contributed by atoms with Crippen LogP contribution in [-0.2, 0) is 17.8 Å². The Labute approximate surface area is 132 Å². The molecule has 118 valence electrons. The number of aromatic nitrogens is 2. The van der Waals surface area contributed by atoms with Crippen LogP contribution in [-0.4, -0.2) is 22.2 Å². The number of rotatable bonds is 6. The number of nitrogens with one attached hydrogen (secondary N) is 1. The second-order valence-corrected chi connectivity index (χ2v) is 6.12. The molecule has 22 heavy (non-hydrogen) atoms. The standard InChI is InChI=1S/C18H25N3O/c1-13(12-21-16(4)9-15(3)20-21)11-19-18(22)10-17-8-6-5-7-14(17)2/h5-9,13H,10-12H2,1-4H3,(H,19,22). The third-order valence-electron chi connectivity index (χ3n) is 3.85. The molecule has 4 heteroatoms. The lowest BCUT2D eigenvalue weighted by Gasteiger charge is -2.14. The van der Waals surface area contributed by atoms with Crippen molar-refractivity contribution in [2.24, 2.45) is 5.92 Å². The molecule has 2 rings (SSSR count). The van der Waals surface area contributed by atoms with Gasteiger partial charge in [-0.25, -0.2) is 0 Å². The highest BCUT2D eigenvalue weighted by Crippen LogP contribution is 2.08. The maximum atomic E-state index is 12.1. The topological polar surface area (TPSA) is 46.9 Å². The fourth-order valence-corrected chi connectivity index (χ4v) is 2.55. The van der Waals surface area contributed by atoms with E-state index in [1.54, 1.807) is 0 Å². The van der Waals surface area contributed by atoms with Gasteiger partial charge < -0.3 is 5.32 Å². The average molecular weight is 299 g/mol. The summed E-state index contributed by atoms with van der Waals surface area (Å²) in [6.07, 6.45) is 0.444. The van der Waals surface area contributed by atoms with Gasteiger partial charge in [-0.1, -0.05) is 31.2 Å². The van der Waals surface area contributed by atoms with E-state index in [4.69, 9.17) is 0 Å². The van der Waals surface area contributed by atoms with Gasteiger partial charge >= 0.3 is 0 Å². The van der Waals surface area contributed by atoms with Crippen molar-refractivity contribution in [2.45, 2.75) is 40.7 Å². The van der Waals surface area contributed by atoms with Gasteiger partial charge in [0.05, 0.1) is 12.1 Å².